The van der Waals surface area contributed by atoms with E-state index in [0.29, 0.717) is 19.1 Å². The minimum Gasteiger partial charge on any atom is -0.444 e. The van der Waals surface area contributed by atoms with Gasteiger partial charge in [-0.15, -0.1) is 0 Å². The van der Waals surface area contributed by atoms with Crippen molar-refractivity contribution in [2.75, 3.05) is 39.3 Å². The van der Waals surface area contributed by atoms with Crippen LogP contribution in [0.3, 0.4) is 0 Å². The van der Waals surface area contributed by atoms with Crippen LogP contribution in [0.1, 0.15) is 34.6 Å². The highest BCUT2D eigenvalue weighted by Crippen LogP contribution is 2.12. The van der Waals surface area contributed by atoms with Gasteiger partial charge in [-0.25, -0.2) is 4.79 Å². The first kappa shape index (κ1) is 18.2. The number of nitrogens with zero attached hydrogens (tertiary/aromatic N) is 2. The highest BCUT2D eigenvalue weighted by molar-refractivity contribution is 5.67. The molecule has 21 heavy (non-hydrogen) atoms. The van der Waals surface area contributed by atoms with Crippen LogP contribution in [0.25, 0.3) is 0 Å². The molecule has 0 aromatic heterocycles. The smallest absolute Gasteiger partial charge is 0.407 e. The number of ether oxygens (including phenoxy) is 1. The quantitative estimate of drug-likeness (QED) is 0.788. The maximum Gasteiger partial charge on any atom is 0.407 e. The molecule has 124 valence electrons. The van der Waals surface area contributed by atoms with Gasteiger partial charge < -0.3 is 15.8 Å². The lowest BCUT2D eigenvalue weighted by molar-refractivity contribution is 0.0438. The molecule has 6 nitrogen and oxygen atoms in total. The minimum absolute atomic E-state index is 0.166. The van der Waals surface area contributed by atoms with Gasteiger partial charge in [-0.05, 0) is 34.2 Å². The molecule has 1 saturated heterocycles. The normalized spacial score (nSPS) is 22.9. The van der Waals surface area contributed by atoms with Gasteiger partial charge in [-0.3, -0.25) is 9.80 Å². The number of piperazine rings is 1. The van der Waals surface area contributed by atoms with E-state index < -0.39 is 5.60 Å². The minimum atomic E-state index is -0.469. The summed E-state index contributed by atoms with van der Waals surface area (Å²) >= 11 is 0. The van der Waals surface area contributed by atoms with Crippen LogP contribution in [-0.4, -0.2) is 72.8 Å². The molecule has 2 unspecified atom stereocenters. The molecule has 6 heteroatoms. The lowest BCUT2D eigenvalue weighted by atomic mass is 10.1. The van der Waals surface area contributed by atoms with Crippen LogP contribution in [-0.2, 0) is 4.74 Å². The molecule has 1 rings (SSSR count). The molecule has 0 aromatic rings. The second kappa shape index (κ2) is 7.96. The number of nitrogens with two attached hydrogens (primary N) is 1. The summed E-state index contributed by atoms with van der Waals surface area (Å²) in [5, 5.41) is 2.83. The van der Waals surface area contributed by atoms with Crippen molar-refractivity contribution in [2.24, 2.45) is 5.73 Å². The highest BCUT2D eigenvalue weighted by Gasteiger charge is 2.27. The van der Waals surface area contributed by atoms with Crippen LogP contribution in [0.15, 0.2) is 0 Å². The van der Waals surface area contributed by atoms with Gasteiger partial charge in [0.1, 0.15) is 5.60 Å². The molecule has 1 aliphatic heterocycles. The Morgan fingerprint density at radius 2 is 2.10 bits per heavy atom. The van der Waals surface area contributed by atoms with E-state index in [4.69, 9.17) is 10.5 Å². The lowest BCUT2D eigenvalue weighted by Crippen LogP contribution is -2.58. The average molecular weight is 300 g/mol. The maximum absolute atomic E-state index is 11.7. The zero-order valence-corrected chi connectivity index (χ0v) is 14.2. The van der Waals surface area contributed by atoms with Gasteiger partial charge in [0.05, 0.1) is 0 Å². The Morgan fingerprint density at radius 3 is 2.57 bits per heavy atom. The number of rotatable bonds is 5. The van der Waals surface area contributed by atoms with E-state index in [1.165, 1.54) is 0 Å². The number of hydrogen-bond donors (Lipinski definition) is 2. The Bertz CT molecular complexity index is 330. The van der Waals surface area contributed by atoms with Crippen LogP contribution >= 0.6 is 0 Å². The van der Waals surface area contributed by atoms with E-state index in [9.17, 15) is 4.79 Å². The zero-order valence-electron chi connectivity index (χ0n) is 14.2. The van der Waals surface area contributed by atoms with Gasteiger partial charge in [0.25, 0.3) is 0 Å². The van der Waals surface area contributed by atoms with Gasteiger partial charge >= 0.3 is 6.09 Å². The van der Waals surface area contributed by atoms with Crippen molar-refractivity contribution in [3.8, 4) is 0 Å². The third-order valence-corrected chi connectivity index (χ3v) is 3.87. The second-order valence-electron chi connectivity index (χ2n) is 6.74. The number of amides is 1. The molecule has 0 spiro atoms. The Hall–Kier alpha value is -0.850. The van der Waals surface area contributed by atoms with Crippen molar-refractivity contribution in [3.63, 3.8) is 0 Å². The van der Waals surface area contributed by atoms with Crippen LogP contribution in [0, 0.1) is 0 Å². The van der Waals surface area contributed by atoms with E-state index in [-0.39, 0.29) is 12.1 Å². The fourth-order valence-electron chi connectivity index (χ4n) is 2.70. The monoisotopic (exact) mass is 300 g/mol. The molecule has 1 fully saturated rings. The summed E-state index contributed by atoms with van der Waals surface area (Å²) in [4.78, 5) is 16.6. The van der Waals surface area contributed by atoms with Crippen LogP contribution in [0.2, 0.25) is 0 Å². The van der Waals surface area contributed by atoms with Crippen LogP contribution in [0.4, 0.5) is 4.79 Å². The third kappa shape index (κ3) is 6.20. The maximum atomic E-state index is 11.7. The van der Waals surface area contributed by atoms with E-state index in [1.807, 2.05) is 20.8 Å². The fourth-order valence-corrected chi connectivity index (χ4v) is 2.70. The first-order valence-corrected chi connectivity index (χ1v) is 7.91. The van der Waals surface area contributed by atoms with Crippen molar-refractivity contribution in [1.29, 1.82) is 0 Å². The molecule has 1 aliphatic rings. The molecule has 0 saturated carbocycles. The van der Waals surface area contributed by atoms with Crippen molar-refractivity contribution < 1.29 is 9.53 Å². The Kier molecular flexibility index (Phi) is 6.90. The van der Waals surface area contributed by atoms with Crippen molar-refractivity contribution in [3.05, 3.63) is 0 Å². The van der Waals surface area contributed by atoms with Gasteiger partial charge in [0.2, 0.25) is 0 Å². The van der Waals surface area contributed by atoms with Crippen LogP contribution < -0.4 is 11.1 Å². The SMILES string of the molecule is CCN1CCN(C(CN)CNC(=O)OC(C)(C)C)CC1C. The van der Waals surface area contributed by atoms with Gasteiger partial charge in [0.15, 0.2) is 0 Å². The highest BCUT2D eigenvalue weighted by atomic mass is 16.6. The summed E-state index contributed by atoms with van der Waals surface area (Å²) < 4.78 is 5.26. The molecular weight excluding hydrogens is 268 g/mol. The van der Waals surface area contributed by atoms with Crippen molar-refractivity contribution in [1.82, 2.24) is 15.1 Å². The summed E-state index contributed by atoms with van der Waals surface area (Å²) in [5.41, 5.74) is 5.41. The topological polar surface area (TPSA) is 70.8 Å². The summed E-state index contributed by atoms with van der Waals surface area (Å²) in [6.45, 7) is 15.2. The Morgan fingerprint density at radius 1 is 1.43 bits per heavy atom. The standard InChI is InChI=1S/C15H32N4O2/c1-6-18-7-8-19(11-12(18)2)13(9-16)10-17-14(20)21-15(3,4)5/h12-13H,6-11,16H2,1-5H3,(H,17,20). The molecule has 1 amide bonds. The lowest BCUT2D eigenvalue weighted by Gasteiger charge is -2.42. The second-order valence-corrected chi connectivity index (χ2v) is 6.74. The van der Waals surface area contributed by atoms with E-state index in [2.05, 4.69) is 29.0 Å². The summed E-state index contributed by atoms with van der Waals surface area (Å²) in [7, 11) is 0. The number of alkyl carbamates (subject to hydrolysis) is 1. The van der Waals surface area contributed by atoms with Crippen LogP contribution in [0.5, 0.6) is 0 Å². The molecular formula is C15H32N4O2. The summed E-state index contributed by atoms with van der Waals surface area (Å²) in [6, 6.07) is 0.693. The molecule has 3 N–H and O–H groups in total. The molecule has 1 heterocycles. The first-order valence-electron chi connectivity index (χ1n) is 7.91. The number of carbonyl (C=O) groups excluding carboxylic acids is 1. The van der Waals surface area contributed by atoms with Crippen molar-refractivity contribution >= 4 is 6.09 Å². The Labute approximate surface area is 129 Å². The fraction of sp³-hybridized carbons (Fsp3) is 0.933. The predicted molar refractivity (Wildman–Crippen MR) is 85.4 cm³/mol. The molecule has 0 bridgehead atoms. The van der Waals surface area contributed by atoms with Gasteiger partial charge in [0, 0.05) is 44.8 Å². The molecule has 0 radical (unpaired) electrons. The number of hydrogen-bond acceptors (Lipinski definition) is 5. The number of carbonyl (C=O) groups is 1. The molecule has 2 atom stereocenters. The average Bonchev–Trinajstić information content (AvgIpc) is 2.37. The van der Waals surface area contributed by atoms with E-state index >= 15 is 0 Å². The van der Waals surface area contributed by atoms with Gasteiger partial charge in [-0.2, -0.15) is 0 Å². The first-order chi connectivity index (χ1) is 9.76. The summed E-state index contributed by atoms with van der Waals surface area (Å²) in [5.74, 6) is 0. The number of likely N-dealkylation sites (N-methyl/N-ethyl adjacent to an activating group) is 1. The third-order valence-electron chi connectivity index (χ3n) is 3.87. The zero-order chi connectivity index (χ0) is 16.0. The van der Waals surface area contributed by atoms with E-state index in [0.717, 1.165) is 26.2 Å². The summed E-state index contributed by atoms with van der Waals surface area (Å²) in [6.07, 6.45) is -0.374. The van der Waals surface area contributed by atoms with Crippen molar-refractivity contribution in [2.45, 2.75) is 52.3 Å². The van der Waals surface area contributed by atoms with Gasteiger partial charge in [-0.1, -0.05) is 6.92 Å². The largest absolute Gasteiger partial charge is 0.444 e. The molecule has 0 aromatic carbocycles. The number of nitrogens with one attached hydrogen (secondary N) is 1. The Balaban J connectivity index is 2.43. The van der Waals surface area contributed by atoms with E-state index in [1.54, 1.807) is 0 Å². The molecule has 0 aliphatic carbocycles. The predicted octanol–water partition coefficient (Wildman–Crippen LogP) is 0.864.